The maximum Gasteiger partial charge on any atom is 0.294 e. The number of aromatic nitrogens is 2. The van der Waals surface area contributed by atoms with Crippen LogP contribution in [0.4, 0.5) is 5.69 Å². The number of aryl methyl sites for hydroxylation is 1. The van der Waals surface area contributed by atoms with E-state index in [1.807, 2.05) is 0 Å². The van der Waals surface area contributed by atoms with Gasteiger partial charge in [-0.15, -0.1) is 0 Å². The van der Waals surface area contributed by atoms with Gasteiger partial charge in [0.05, 0.1) is 4.92 Å². The number of nitrogens with zero attached hydrogens (tertiary/aromatic N) is 2. The van der Waals surface area contributed by atoms with E-state index in [1.54, 1.807) is 6.92 Å². The number of benzene rings is 1. The normalized spacial score (nSPS) is 10.5. The molecule has 0 fully saturated rings. The summed E-state index contributed by atoms with van der Waals surface area (Å²) in [5.74, 6) is 0. The van der Waals surface area contributed by atoms with Crippen LogP contribution >= 0.6 is 11.6 Å². The van der Waals surface area contributed by atoms with E-state index < -0.39 is 4.92 Å². The number of hydrogen-bond acceptors (Lipinski definition) is 3. The van der Waals surface area contributed by atoms with Gasteiger partial charge >= 0.3 is 0 Å². The van der Waals surface area contributed by atoms with Crippen LogP contribution in [0.1, 0.15) is 5.69 Å². The Balaban J connectivity index is 2.73. The van der Waals surface area contributed by atoms with Crippen LogP contribution in [0.2, 0.25) is 5.02 Å². The fourth-order valence-corrected chi connectivity index (χ4v) is 1.73. The second-order valence-electron chi connectivity index (χ2n) is 3.49. The van der Waals surface area contributed by atoms with E-state index in [4.69, 9.17) is 11.6 Å². The van der Waals surface area contributed by atoms with Crippen LogP contribution in [0.3, 0.4) is 0 Å². The fourth-order valence-electron chi connectivity index (χ4n) is 1.57. The van der Waals surface area contributed by atoms with E-state index in [1.165, 1.54) is 28.9 Å². The minimum absolute atomic E-state index is 0.121. The summed E-state index contributed by atoms with van der Waals surface area (Å²) in [5.41, 5.74) is 0.364. The molecule has 88 valence electrons. The van der Waals surface area contributed by atoms with E-state index >= 15 is 0 Å². The van der Waals surface area contributed by atoms with Crippen LogP contribution in [-0.2, 0) is 0 Å². The van der Waals surface area contributed by atoms with Gasteiger partial charge in [0.25, 0.3) is 11.2 Å². The molecule has 6 nitrogen and oxygen atoms in total. The molecular formula is C10H8ClN3O3. The first-order valence-electron chi connectivity index (χ1n) is 4.72. The highest BCUT2D eigenvalue weighted by atomic mass is 35.5. The second-order valence-corrected chi connectivity index (χ2v) is 3.92. The molecule has 0 radical (unpaired) electrons. The zero-order valence-corrected chi connectivity index (χ0v) is 9.56. The van der Waals surface area contributed by atoms with Crippen molar-refractivity contribution < 1.29 is 4.92 Å². The van der Waals surface area contributed by atoms with Gasteiger partial charge in [0, 0.05) is 22.8 Å². The van der Waals surface area contributed by atoms with Gasteiger partial charge in [0.1, 0.15) is 5.69 Å². The lowest BCUT2D eigenvalue weighted by atomic mass is 10.2. The minimum atomic E-state index is -0.524. The highest BCUT2D eigenvalue weighted by Crippen LogP contribution is 2.26. The average molecular weight is 254 g/mol. The molecule has 0 aliphatic heterocycles. The van der Waals surface area contributed by atoms with Crippen molar-refractivity contribution in [2.45, 2.75) is 6.92 Å². The molecule has 0 aliphatic carbocycles. The van der Waals surface area contributed by atoms with Crippen molar-refractivity contribution in [3.8, 4) is 5.69 Å². The molecule has 2 rings (SSSR count). The van der Waals surface area contributed by atoms with Gasteiger partial charge in [0.2, 0.25) is 0 Å². The number of nitro groups is 1. The van der Waals surface area contributed by atoms with E-state index in [9.17, 15) is 14.9 Å². The fraction of sp³-hybridized carbons (Fsp3) is 0.100. The summed E-state index contributed by atoms with van der Waals surface area (Å²) in [4.78, 5) is 21.5. The first-order chi connectivity index (χ1) is 7.99. The van der Waals surface area contributed by atoms with E-state index in [0.29, 0.717) is 10.7 Å². The summed E-state index contributed by atoms with van der Waals surface area (Å²) in [6.45, 7) is 1.67. The molecule has 0 saturated heterocycles. The number of H-pyrrole nitrogens is 1. The van der Waals surface area contributed by atoms with Gasteiger partial charge in [-0.3, -0.25) is 24.7 Å². The molecule has 1 aromatic heterocycles. The number of hydrogen-bond donors (Lipinski definition) is 1. The molecule has 2 aromatic rings. The lowest BCUT2D eigenvalue weighted by Gasteiger charge is -2.06. The maximum absolute atomic E-state index is 11.2. The van der Waals surface area contributed by atoms with Crippen LogP contribution in [0.25, 0.3) is 5.69 Å². The summed E-state index contributed by atoms with van der Waals surface area (Å²) in [6, 6.07) is 5.52. The summed E-state index contributed by atoms with van der Waals surface area (Å²) in [5, 5.41) is 13.7. The SMILES string of the molecule is Cc1cc(=O)[nH]n1-c1cc(Cl)ccc1[N+](=O)[O-]. The number of rotatable bonds is 2. The number of aromatic amines is 1. The Morgan fingerprint density at radius 2 is 2.12 bits per heavy atom. The third kappa shape index (κ3) is 2.07. The molecule has 17 heavy (non-hydrogen) atoms. The van der Waals surface area contributed by atoms with E-state index in [-0.39, 0.29) is 16.9 Å². The summed E-state index contributed by atoms with van der Waals surface area (Å²) < 4.78 is 1.34. The summed E-state index contributed by atoms with van der Waals surface area (Å²) in [7, 11) is 0. The Morgan fingerprint density at radius 3 is 2.65 bits per heavy atom. The van der Waals surface area contributed by atoms with Gasteiger partial charge in [-0.2, -0.15) is 0 Å². The molecule has 0 spiro atoms. The number of nitro benzene ring substituents is 1. The number of nitrogens with one attached hydrogen (secondary N) is 1. The average Bonchev–Trinajstić information content (AvgIpc) is 2.57. The van der Waals surface area contributed by atoms with Crippen molar-refractivity contribution in [2.75, 3.05) is 0 Å². The molecule has 1 N–H and O–H groups in total. The Bertz CT molecular complexity index is 644. The molecule has 0 unspecified atom stereocenters. The smallest absolute Gasteiger partial charge is 0.268 e. The van der Waals surface area contributed by atoms with E-state index in [0.717, 1.165) is 0 Å². The molecule has 0 atom stereocenters. The van der Waals surface area contributed by atoms with Crippen LogP contribution in [0.15, 0.2) is 29.1 Å². The third-order valence-electron chi connectivity index (χ3n) is 2.29. The first-order valence-corrected chi connectivity index (χ1v) is 5.10. The first kappa shape index (κ1) is 11.4. The van der Waals surface area contributed by atoms with Crippen molar-refractivity contribution >= 4 is 17.3 Å². The molecule has 1 aromatic carbocycles. The Hall–Kier alpha value is -2.08. The molecular weight excluding hydrogens is 246 g/mol. The van der Waals surface area contributed by atoms with Gasteiger partial charge < -0.3 is 0 Å². The topological polar surface area (TPSA) is 80.9 Å². The minimum Gasteiger partial charge on any atom is -0.268 e. The highest BCUT2D eigenvalue weighted by molar-refractivity contribution is 6.30. The van der Waals surface area contributed by atoms with Crippen molar-refractivity contribution in [1.82, 2.24) is 9.78 Å². The van der Waals surface area contributed by atoms with Crippen molar-refractivity contribution in [3.05, 3.63) is 55.5 Å². The summed E-state index contributed by atoms with van der Waals surface area (Å²) >= 11 is 5.80. The Kier molecular flexibility index (Phi) is 2.72. The van der Waals surface area contributed by atoms with Crippen molar-refractivity contribution in [3.63, 3.8) is 0 Å². The Labute approximate surface area is 101 Å². The molecule has 7 heteroatoms. The van der Waals surface area contributed by atoms with Crippen molar-refractivity contribution in [2.24, 2.45) is 0 Å². The van der Waals surface area contributed by atoms with Crippen LogP contribution in [0.5, 0.6) is 0 Å². The zero-order chi connectivity index (χ0) is 12.6. The predicted molar refractivity (Wildman–Crippen MR) is 62.8 cm³/mol. The zero-order valence-electron chi connectivity index (χ0n) is 8.81. The molecule has 1 heterocycles. The van der Waals surface area contributed by atoms with Crippen LogP contribution in [0, 0.1) is 17.0 Å². The molecule has 0 saturated carbocycles. The molecule has 0 bridgehead atoms. The predicted octanol–water partition coefficient (Wildman–Crippen LogP) is 2.04. The van der Waals surface area contributed by atoms with Gasteiger partial charge in [0.15, 0.2) is 0 Å². The summed E-state index contributed by atoms with van der Waals surface area (Å²) in [6.07, 6.45) is 0. The number of halogens is 1. The lowest BCUT2D eigenvalue weighted by molar-refractivity contribution is -0.384. The monoisotopic (exact) mass is 253 g/mol. The van der Waals surface area contributed by atoms with Gasteiger partial charge in [-0.1, -0.05) is 11.6 Å². The highest BCUT2D eigenvalue weighted by Gasteiger charge is 2.17. The quantitative estimate of drug-likeness (QED) is 0.657. The molecule has 0 amide bonds. The second kappa shape index (κ2) is 4.06. The lowest BCUT2D eigenvalue weighted by Crippen LogP contribution is -2.06. The van der Waals surface area contributed by atoms with Gasteiger partial charge in [-0.05, 0) is 19.1 Å². The maximum atomic E-state index is 11.2. The van der Waals surface area contributed by atoms with Crippen LogP contribution in [-0.4, -0.2) is 14.7 Å². The standard InChI is InChI=1S/C10H8ClN3O3/c1-6-4-10(15)12-13(6)9-5-7(11)2-3-8(9)14(16)17/h2-5H,1H3,(H,12,15). The third-order valence-corrected chi connectivity index (χ3v) is 2.52. The Morgan fingerprint density at radius 1 is 1.41 bits per heavy atom. The van der Waals surface area contributed by atoms with Crippen LogP contribution < -0.4 is 5.56 Å². The largest absolute Gasteiger partial charge is 0.294 e. The van der Waals surface area contributed by atoms with E-state index in [2.05, 4.69) is 5.10 Å². The van der Waals surface area contributed by atoms with Gasteiger partial charge in [-0.25, -0.2) is 0 Å². The molecule has 0 aliphatic rings. The van der Waals surface area contributed by atoms with Crippen molar-refractivity contribution in [1.29, 1.82) is 0 Å².